The lowest BCUT2D eigenvalue weighted by atomic mass is 10.2. The van der Waals surface area contributed by atoms with Crippen LogP contribution in [0.25, 0.3) is 11.2 Å². The zero-order valence-corrected chi connectivity index (χ0v) is 17.0. The van der Waals surface area contributed by atoms with Crippen LogP contribution in [0.1, 0.15) is 5.56 Å². The van der Waals surface area contributed by atoms with E-state index in [4.69, 9.17) is 0 Å². The molecule has 9 nitrogen and oxygen atoms in total. The lowest BCUT2D eigenvalue weighted by Gasteiger charge is -2.36. The van der Waals surface area contributed by atoms with Crippen molar-refractivity contribution in [3.63, 3.8) is 0 Å². The summed E-state index contributed by atoms with van der Waals surface area (Å²) in [6.45, 7) is 3.27. The van der Waals surface area contributed by atoms with Gasteiger partial charge in [-0.3, -0.25) is 4.79 Å². The first-order valence-electron chi connectivity index (χ1n) is 10.0. The van der Waals surface area contributed by atoms with Gasteiger partial charge >= 0.3 is 0 Å². The van der Waals surface area contributed by atoms with Crippen molar-refractivity contribution in [1.29, 1.82) is 0 Å². The number of fused-ring (bicyclic) bond motifs is 1. The van der Waals surface area contributed by atoms with Gasteiger partial charge in [0.2, 0.25) is 0 Å². The number of nitrogens with zero attached hydrogens (tertiary/aromatic N) is 8. The highest BCUT2D eigenvalue weighted by atomic mass is 19.1. The second-order valence-corrected chi connectivity index (χ2v) is 7.51. The van der Waals surface area contributed by atoms with Crippen molar-refractivity contribution in [2.24, 2.45) is 7.05 Å². The highest BCUT2D eigenvalue weighted by molar-refractivity contribution is 5.83. The van der Waals surface area contributed by atoms with Crippen molar-refractivity contribution >= 4 is 22.8 Å². The Morgan fingerprint density at radius 2 is 1.68 bits per heavy atom. The van der Waals surface area contributed by atoms with Gasteiger partial charge in [-0.15, -0.1) is 0 Å². The molecule has 158 valence electrons. The second kappa shape index (κ2) is 7.78. The van der Waals surface area contributed by atoms with Crippen LogP contribution in [0.15, 0.2) is 53.8 Å². The van der Waals surface area contributed by atoms with Crippen LogP contribution in [-0.2, 0) is 13.6 Å². The van der Waals surface area contributed by atoms with Crippen LogP contribution < -0.4 is 15.4 Å². The molecule has 0 spiro atoms. The van der Waals surface area contributed by atoms with Gasteiger partial charge in [0, 0.05) is 39.3 Å². The number of aryl methyl sites for hydroxylation is 1. The minimum Gasteiger partial charge on any atom is -0.352 e. The molecule has 0 amide bonds. The molecule has 3 aromatic heterocycles. The van der Waals surface area contributed by atoms with Gasteiger partial charge < -0.3 is 14.4 Å². The van der Waals surface area contributed by atoms with E-state index in [9.17, 15) is 9.18 Å². The Balaban J connectivity index is 1.32. The third-order valence-corrected chi connectivity index (χ3v) is 5.48. The van der Waals surface area contributed by atoms with Crippen molar-refractivity contribution in [2.75, 3.05) is 36.0 Å². The molecule has 10 heteroatoms. The summed E-state index contributed by atoms with van der Waals surface area (Å²) < 4.78 is 16.4. The first kappa shape index (κ1) is 19.2. The predicted octanol–water partition coefficient (Wildman–Crippen LogP) is 1.43. The highest BCUT2D eigenvalue weighted by Gasteiger charge is 2.22. The molecule has 1 saturated heterocycles. The Labute approximate surface area is 177 Å². The topological polar surface area (TPSA) is 85.0 Å². The number of piperazine rings is 1. The fourth-order valence-corrected chi connectivity index (χ4v) is 3.79. The fourth-order valence-electron chi connectivity index (χ4n) is 3.79. The summed E-state index contributed by atoms with van der Waals surface area (Å²) in [5.41, 5.74) is 2.23. The molecule has 0 radical (unpaired) electrons. The summed E-state index contributed by atoms with van der Waals surface area (Å²) >= 11 is 0. The van der Waals surface area contributed by atoms with E-state index in [1.54, 1.807) is 30.9 Å². The van der Waals surface area contributed by atoms with Crippen LogP contribution in [0.4, 0.5) is 16.0 Å². The Kier molecular flexibility index (Phi) is 4.81. The number of anilines is 2. The van der Waals surface area contributed by atoms with Crippen LogP contribution in [0.2, 0.25) is 0 Å². The number of halogens is 1. The maximum atomic E-state index is 13.1. The molecule has 0 atom stereocenters. The average molecular weight is 420 g/mol. The molecule has 1 aliphatic rings. The molecule has 0 unspecified atom stereocenters. The van der Waals surface area contributed by atoms with E-state index in [0.717, 1.165) is 54.5 Å². The maximum Gasteiger partial charge on any atom is 0.267 e. The third kappa shape index (κ3) is 3.72. The first-order valence-corrected chi connectivity index (χ1v) is 10.0. The molecular formula is C21H21FN8O. The van der Waals surface area contributed by atoms with Crippen molar-refractivity contribution in [2.45, 2.75) is 6.54 Å². The van der Waals surface area contributed by atoms with E-state index in [-0.39, 0.29) is 11.4 Å². The zero-order chi connectivity index (χ0) is 21.4. The lowest BCUT2D eigenvalue weighted by Crippen LogP contribution is -2.47. The number of imidazole rings is 1. The summed E-state index contributed by atoms with van der Waals surface area (Å²) in [5, 5.41) is 4.54. The van der Waals surface area contributed by atoms with Crippen molar-refractivity contribution in [3.8, 4) is 0 Å². The van der Waals surface area contributed by atoms with Gasteiger partial charge in [0.15, 0.2) is 17.0 Å². The van der Waals surface area contributed by atoms with Gasteiger partial charge in [-0.1, -0.05) is 12.1 Å². The molecule has 0 saturated carbocycles. The van der Waals surface area contributed by atoms with Gasteiger partial charge in [0.05, 0.1) is 12.9 Å². The quantitative estimate of drug-likeness (QED) is 0.494. The van der Waals surface area contributed by atoms with Crippen LogP contribution in [0.3, 0.4) is 0 Å². The van der Waals surface area contributed by atoms with E-state index < -0.39 is 0 Å². The molecule has 5 rings (SSSR count). The molecule has 1 aromatic carbocycles. The Morgan fingerprint density at radius 3 is 2.45 bits per heavy atom. The SMILES string of the molecule is Cn1cnc2c(N3CCN(c4ccc(=O)n(Cc5ccc(F)cc5)n4)CC3)ncnc21. The summed E-state index contributed by atoms with van der Waals surface area (Å²) in [6.07, 6.45) is 3.31. The van der Waals surface area contributed by atoms with Gasteiger partial charge in [-0.25, -0.2) is 24.0 Å². The van der Waals surface area contributed by atoms with E-state index in [1.165, 1.54) is 22.9 Å². The predicted molar refractivity (Wildman–Crippen MR) is 115 cm³/mol. The monoisotopic (exact) mass is 420 g/mol. The number of hydrogen-bond donors (Lipinski definition) is 0. The minimum absolute atomic E-state index is 0.190. The standard InChI is InChI=1S/C21H21FN8O/c1-27-14-25-19-20(27)23-13-24-21(19)29-10-8-28(9-11-29)17-6-7-18(31)30(26-17)12-15-2-4-16(22)5-3-15/h2-7,13-14H,8-12H2,1H3. The summed E-state index contributed by atoms with van der Waals surface area (Å²) in [4.78, 5) is 29.8. The smallest absolute Gasteiger partial charge is 0.267 e. The second-order valence-electron chi connectivity index (χ2n) is 7.51. The van der Waals surface area contributed by atoms with E-state index in [2.05, 4.69) is 29.9 Å². The minimum atomic E-state index is -0.303. The summed E-state index contributed by atoms with van der Waals surface area (Å²) in [5.74, 6) is 1.27. The Bertz CT molecular complexity index is 1270. The molecule has 4 heterocycles. The van der Waals surface area contributed by atoms with E-state index in [1.807, 2.05) is 11.6 Å². The van der Waals surface area contributed by atoms with Gasteiger partial charge in [0.25, 0.3) is 5.56 Å². The fraction of sp³-hybridized carbons (Fsp3) is 0.286. The lowest BCUT2D eigenvalue weighted by molar-refractivity contribution is 0.597. The third-order valence-electron chi connectivity index (χ3n) is 5.48. The first-order chi connectivity index (χ1) is 15.1. The highest BCUT2D eigenvalue weighted by Crippen LogP contribution is 2.23. The largest absolute Gasteiger partial charge is 0.352 e. The van der Waals surface area contributed by atoms with Crippen molar-refractivity contribution in [3.05, 3.63) is 70.8 Å². The molecule has 0 bridgehead atoms. The number of aromatic nitrogens is 6. The van der Waals surface area contributed by atoms with Gasteiger partial charge in [-0.2, -0.15) is 5.10 Å². The summed E-state index contributed by atoms with van der Waals surface area (Å²) in [6, 6.07) is 9.37. The Morgan fingerprint density at radius 1 is 0.935 bits per heavy atom. The van der Waals surface area contributed by atoms with Crippen molar-refractivity contribution < 1.29 is 4.39 Å². The average Bonchev–Trinajstić information content (AvgIpc) is 3.18. The molecule has 4 aromatic rings. The van der Waals surface area contributed by atoms with Crippen LogP contribution in [0, 0.1) is 5.82 Å². The van der Waals surface area contributed by atoms with E-state index >= 15 is 0 Å². The van der Waals surface area contributed by atoms with Crippen LogP contribution in [-0.4, -0.2) is 55.5 Å². The number of hydrogen-bond acceptors (Lipinski definition) is 7. The molecule has 1 aliphatic heterocycles. The van der Waals surface area contributed by atoms with E-state index in [0.29, 0.717) is 6.54 Å². The normalized spacial score (nSPS) is 14.4. The van der Waals surface area contributed by atoms with Gasteiger partial charge in [-0.05, 0) is 23.8 Å². The molecule has 0 aliphatic carbocycles. The maximum absolute atomic E-state index is 13.1. The zero-order valence-electron chi connectivity index (χ0n) is 17.0. The van der Waals surface area contributed by atoms with Crippen LogP contribution >= 0.6 is 0 Å². The molecule has 0 N–H and O–H groups in total. The number of benzene rings is 1. The number of rotatable bonds is 4. The summed E-state index contributed by atoms with van der Waals surface area (Å²) in [7, 11) is 1.91. The van der Waals surface area contributed by atoms with Crippen molar-refractivity contribution in [1.82, 2.24) is 29.3 Å². The van der Waals surface area contributed by atoms with Gasteiger partial charge in [0.1, 0.15) is 18.0 Å². The Hall–Kier alpha value is -3.82. The van der Waals surface area contributed by atoms with Crippen LogP contribution in [0.5, 0.6) is 0 Å². The molecule has 1 fully saturated rings. The molecular weight excluding hydrogens is 399 g/mol. The molecule has 31 heavy (non-hydrogen) atoms.